The molecule has 0 aliphatic rings. The summed E-state index contributed by atoms with van der Waals surface area (Å²) in [7, 11) is 2.93. The van der Waals surface area contributed by atoms with Gasteiger partial charge in [-0.2, -0.15) is 0 Å². The van der Waals surface area contributed by atoms with Gasteiger partial charge in [-0.3, -0.25) is 4.79 Å². The number of carbonyl (C=O) groups is 1. The van der Waals surface area contributed by atoms with Crippen molar-refractivity contribution >= 4 is 5.78 Å². The Labute approximate surface area is 67.7 Å². The molecule has 3 nitrogen and oxygen atoms in total. The van der Waals surface area contributed by atoms with Crippen LogP contribution in [0.1, 0.15) is 20.3 Å². The molecule has 3 heteroatoms. The average molecular weight is 160 g/mol. The van der Waals surface area contributed by atoms with Crippen molar-refractivity contribution in [3.8, 4) is 0 Å². The Morgan fingerprint density at radius 2 is 1.73 bits per heavy atom. The molecule has 0 aromatic carbocycles. The third kappa shape index (κ3) is 4.11. The summed E-state index contributed by atoms with van der Waals surface area (Å²) < 4.78 is 9.58. The monoisotopic (exact) mass is 160 g/mol. The number of Topliss-reactive ketones (excluding diaryl/α,β-unsaturated/α-hetero) is 1. The normalized spacial score (nSPS) is 11.1. The summed E-state index contributed by atoms with van der Waals surface area (Å²) in [4.78, 5) is 11.2. The van der Waals surface area contributed by atoms with Gasteiger partial charge < -0.3 is 9.47 Å². The number of ether oxygens (including phenoxy) is 2. The van der Waals surface area contributed by atoms with Gasteiger partial charge in [0, 0.05) is 20.6 Å². The summed E-state index contributed by atoms with van der Waals surface area (Å²) >= 11 is 0. The van der Waals surface area contributed by atoms with Crippen molar-refractivity contribution in [3.63, 3.8) is 0 Å². The van der Waals surface area contributed by atoms with Gasteiger partial charge in [0.05, 0.1) is 0 Å². The molecule has 0 rings (SSSR count). The Morgan fingerprint density at radius 3 is 2.00 bits per heavy atom. The number of carbonyl (C=O) groups excluding carboxylic acids is 1. The zero-order valence-corrected chi connectivity index (χ0v) is 7.59. The van der Waals surface area contributed by atoms with Crippen molar-refractivity contribution in [1.29, 1.82) is 0 Å². The average Bonchev–Trinajstić information content (AvgIpc) is 1.88. The van der Waals surface area contributed by atoms with Crippen LogP contribution in [0, 0.1) is 5.92 Å². The molecule has 0 spiro atoms. The summed E-state index contributed by atoms with van der Waals surface area (Å²) in [5, 5.41) is 0. The molecule has 0 saturated heterocycles. The second-order valence-corrected chi connectivity index (χ2v) is 2.87. The molecule has 0 aliphatic heterocycles. The van der Waals surface area contributed by atoms with E-state index in [4.69, 9.17) is 9.47 Å². The van der Waals surface area contributed by atoms with Crippen molar-refractivity contribution in [1.82, 2.24) is 0 Å². The van der Waals surface area contributed by atoms with Crippen molar-refractivity contribution < 1.29 is 14.3 Å². The van der Waals surface area contributed by atoms with E-state index in [9.17, 15) is 4.79 Å². The lowest BCUT2D eigenvalue weighted by molar-refractivity contribution is -0.157. The molecular weight excluding hydrogens is 144 g/mol. The Bertz CT molecular complexity index is 117. The highest BCUT2D eigenvalue weighted by Gasteiger charge is 2.16. The van der Waals surface area contributed by atoms with Crippen molar-refractivity contribution in [2.45, 2.75) is 26.6 Å². The predicted octanol–water partition coefficient (Wildman–Crippen LogP) is 1.22. The summed E-state index contributed by atoms with van der Waals surface area (Å²) in [6.45, 7) is 3.97. The van der Waals surface area contributed by atoms with E-state index in [-0.39, 0.29) is 5.78 Å². The summed E-state index contributed by atoms with van der Waals surface area (Å²) in [6.07, 6.45) is -0.177. The van der Waals surface area contributed by atoms with E-state index in [0.29, 0.717) is 12.3 Å². The number of rotatable bonds is 5. The van der Waals surface area contributed by atoms with Gasteiger partial charge in [-0.1, -0.05) is 13.8 Å². The van der Waals surface area contributed by atoms with E-state index in [1.54, 1.807) is 0 Å². The maximum absolute atomic E-state index is 11.2. The molecule has 0 heterocycles. The van der Waals surface area contributed by atoms with E-state index >= 15 is 0 Å². The molecular formula is C8H16O3. The highest BCUT2D eigenvalue weighted by Crippen LogP contribution is 2.05. The van der Waals surface area contributed by atoms with Gasteiger partial charge in [0.25, 0.3) is 0 Å². The van der Waals surface area contributed by atoms with E-state index < -0.39 is 6.29 Å². The van der Waals surface area contributed by atoms with Crippen LogP contribution in [0.2, 0.25) is 0 Å². The molecule has 0 aromatic heterocycles. The first-order chi connectivity index (χ1) is 5.11. The molecule has 0 bridgehead atoms. The first-order valence-corrected chi connectivity index (χ1v) is 3.70. The number of hydrogen-bond acceptors (Lipinski definition) is 3. The molecule has 0 fully saturated rings. The summed E-state index contributed by atoms with van der Waals surface area (Å²) in [6, 6.07) is 0. The van der Waals surface area contributed by atoms with Crippen LogP contribution < -0.4 is 0 Å². The second-order valence-electron chi connectivity index (χ2n) is 2.87. The smallest absolute Gasteiger partial charge is 0.217 e. The maximum atomic E-state index is 11.2. The van der Waals surface area contributed by atoms with Crippen molar-refractivity contribution in [2.24, 2.45) is 5.92 Å². The van der Waals surface area contributed by atoms with Gasteiger partial charge in [-0.05, 0) is 5.92 Å². The molecule has 0 aromatic rings. The van der Waals surface area contributed by atoms with Crippen LogP contribution in [0.5, 0.6) is 0 Å². The van der Waals surface area contributed by atoms with Gasteiger partial charge in [-0.15, -0.1) is 0 Å². The molecule has 0 saturated carbocycles. The topological polar surface area (TPSA) is 35.5 Å². The predicted molar refractivity (Wildman–Crippen MR) is 42.3 cm³/mol. The van der Waals surface area contributed by atoms with Gasteiger partial charge in [-0.25, -0.2) is 0 Å². The Kier molecular flexibility index (Phi) is 5.07. The van der Waals surface area contributed by atoms with Crippen LogP contribution in [0.3, 0.4) is 0 Å². The van der Waals surface area contributed by atoms with E-state index in [2.05, 4.69) is 0 Å². The maximum Gasteiger partial charge on any atom is 0.217 e. The molecule has 0 atom stereocenters. The van der Waals surface area contributed by atoms with Gasteiger partial charge >= 0.3 is 0 Å². The molecule has 0 unspecified atom stereocenters. The van der Waals surface area contributed by atoms with E-state index in [0.717, 1.165) is 0 Å². The third-order valence-corrected chi connectivity index (χ3v) is 1.30. The third-order valence-electron chi connectivity index (χ3n) is 1.30. The summed E-state index contributed by atoms with van der Waals surface area (Å²) in [5.41, 5.74) is 0. The van der Waals surface area contributed by atoms with Crippen LogP contribution in [-0.2, 0) is 14.3 Å². The number of methoxy groups -OCH3 is 2. The van der Waals surface area contributed by atoms with E-state index in [1.165, 1.54) is 14.2 Å². The Hall–Kier alpha value is -0.410. The highest BCUT2D eigenvalue weighted by molar-refractivity contribution is 5.81. The van der Waals surface area contributed by atoms with Crippen LogP contribution >= 0.6 is 0 Å². The van der Waals surface area contributed by atoms with Crippen LogP contribution in [-0.4, -0.2) is 26.3 Å². The molecule has 0 N–H and O–H groups in total. The van der Waals surface area contributed by atoms with Crippen molar-refractivity contribution in [2.75, 3.05) is 14.2 Å². The van der Waals surface area contributed by atoms with Crippen LogP contribution in [0.25, 0.3) is 0 Å². The largest absolute Gasteiger partial charge is 0.349 e. The number of ketones is 1. The first kappa shape index (κ1) is 10.6. The fourth-order valence-electron chi connectivity index (χ4n) is 0.858. The molecule has 0 amide bonds. The van der Waals surface area contributed by atoms with Gasteiger partial charge in [0.2, 0.25) is 6.29 Å². The Morgan fingerprint density at radius 1 is 1.27 bits per heavy atom. The van der Waals surface area contributed by atoms with Crippen molar-refractivity contribution in [3.05, 3.63) is 0 Å². The first-order valence-electron chi connectivity index (χ1n) is 3.70. The summed E-state index contributed by atoms with van der Waals surface area (Å²) in [5.74, 6) is 0.361. The lowest BCUT2D eigenvalue weighted by atomic mass is 10.1. The lowest BCUT2D eigenvalue weighted by Gasteiger charge is -2.12. The highest BCUT2D eigenvalue weighted by atomic mass is 16.7. The minimum Gasteiger partial charge on any atom is -0.349 e. The quantitative estimate of drug-likeness (QED) is 0.567. The lowest BCUT2D eigenvalue weighted by Crippen LogP contribution is -2.25. The SMILES string of the molecule is COC(OC)C(=O)CC(C)C. The van der Waals surface area contributed by atoms with Gasteiger partial charge in [0.1, 0.15) is 0 Å². The minimum atomic E-state index is -0.683. The second kappa shape index (κ2) is 5.27. The minimum absolute atomic E-state index is 0.00463. The molecule has 0 aliphatic carbocycles. The standard InChI is InChI=1S/C8H16O3/c1-6(2)5-7(9)8(10-3)11-4/h6,8H,5H2,1-4H3. The number of hydrogen-bond donors (Lipinski definition) is 0. The molecule has 0 radical (unpaired) electrons. The zero-order valence-electron chi connectivity index (χ0n) is 7.59. The zero-order chi connectivity index (χ0) is 8.85. The van der Waals surface area contributed by atoms with E-state index in [1.807, 2.05) is 13.8 Å². The van der Waals surface area contributed by atoms with Crippen LogP contribution in [0.4, 0.5) is 0 Å². The van der Waals surface area contributed by atoms with Gasteiger partial charge in [0.15, 0.2) is 5.78 Å². The Balaban J connectivity index is 3.79. The molecule has 66 valence electrons. The van der Waals surface area contributed by atoms with Crippen LogP contribution in [0.15, 0.2) is 0 Å². The fourth-order valence-corrected chi connectivity index (χ4v) is 0.858. The molecule has 11 heavy (non-hydrogen) atoms. The fraction of sp³-hybridized carbons (Fsp3) is 0.875.